The summed E-state index contributed by atoms with van der Waals surface area (Å²) in [5.41, 5.74) is -1.10. The van der Waals surface area contributed by atoms with Gasteiger partial charge in [0.15, 0.2) is 0 Å². The van der Waals surface area contributed by atoms with Crippen molar-refractivity contribution in [3.8, 4) is 0 Å². The summed E-state index contributed by atoms with van der Waals surface area (Å²) in [5.74, 6) is -4.20. The SMILES string of the molecule is CC(CO)(CO)COCC(F)(F)C(F)F. The van der Waals surface area contributed by atoms with Crippen molar-refractivity contribution in [2.45, 2.75) is 19.3 Å². The van der Waals surface area contributed by atoms with Gasteiger partial charge in [-0.25, -0.2) is 8.78 Å². The standard InChI is InChI=1S/C8H14F4O3/c1-7(2-13,3-14)4-15-5-8(11,12)6(9)10/h6,13-14H,2-5H2,1H3. The number of aliphatic hydroxyl groups is 2. The highest BCUT2D eigenvalue weighted by atomic mass is 19.3. The summed E-state index contributed by atoms with van der Waals surface area (Å²) in [6.07, 6.45) is -3.79. The van der Waals surface area contributed by atoms with E-state index in [0.29, 0.717) is 0 Å². The first-order chi connectivity index (χ1) is 6.77. The van der Waals surface area contributed by atoms with Crippen LogP contribution in [0.2, 0.25) is 0 Å². The van der Waals surface area contributed by atoms with Crippen molar-refractivity contribution >= 4 is 0 Å². The third-order valence-electron chi connectivity index (χ3n) is 1.83. The molecule has 3 nitrogen and oxygen atoms in total. The molecule has 0 aromatic heterocycles. The molecule has 7 heteroatoms. The van der Waals surface area contributed by atoms with Gasteiger partial charge in [0.05, 0.1) is 19.8 Å². The fourth-order valence-corrected chi connectivity index (χ4v) is 0.638. The fraction of sp³-hybridized carbons (Fsp3) is 1.00. The van der Waals surface area contributed by atoms with Gasteiger partial charge in [-0.15, -0.1) is 0 Å². The second-order valence-electron chi connectivity index (χ2n) is 3.68. The molecule has 0 radical (unpaired) electrons. The van der Waals surface area contributed by atoms with Crippen molar-refractivity contribution in [2.24, 2.45) is 5.41 Å². The van der Waals surface area contributed by atoms with E-state index in [4.69, 9.17) is 10.2 Å². The molecule has 15 heavy (non-hydrogen) atoms. The van der Waals surface area contributed by atoms with Crippen molar-refractivity contribution in [1.82, 2.24) is 0 Å². The molecule has 92 valence electrons. The Morgan fingerprint density at radius 1 is 1.13 bits per heavy atom. The molecular formula is C8H14F4O3. The first kappa shape index (κ1) is 14.6. The molecule has 2 N–H and O–H groups in total. The fourth-order valence-electron chi connectivity index (χ4n) is 0.638. The van der Waals surface area contributed by atoms with Gasteiger partial charge < -0.3 is 14.9 Å². The Kier molecular flexibility index (Phi) is 5.47. The van der Waals surface area contributed by atoms with Gasteiger partial charge in [0.1, 0.15) is 6.61 Å². The molecule has 0 bridgehead atoms. The molecule has 0 spiro atoms. The number of halogens is 4. The average molecular weight is 234 g/mol. The summed E-state index contributed by atoms with van der Waals surface area (Å²) in [4.78, 5) is 0. The number of aliphatic hydroxyl groups excluding tert-OH is 2. The molecule has 0 aliphatic heterocycles. The maximum atomic E-state index is 12.3. The van der Waals surface area contributed by atoms with Crippen molar-refractivity contribution in [3.63, 3.8) is 0 Å². The zero-order valence-electron chi connectivity index (χ0n) is 8.22. The summed E-state index contributed by atoms with van der Waals surface area (Å²) in [6, 6.07) is 0. The monoisotopic (exact) mass is 234 g/mol. The highest BCUT2D eigenvalue weighted by Gasteiger charge is 2.41. The Bertz CT molecular complexity index is 178. The van der Waals surface area contributed by atoms with Gasteiger partial charge in [-0.1, -0.05) is 6.92 Å². The van der Waals surface area contributed by atoms with Gasteiger partial charge >= 0.3 is 12.3 Å². The summed E-state index contributed by atoms with van der Waals surface area (Å²) >= 11 is 0. The van der Waals surface area contributed by atoms with Gasteiger partial charge in [0.2, 0.25) is 0 Å². The Balaban J connectivity index is 3.98. The minimum atomic E-state index is -4.20. The molecular weight excluding hydrogens is 220 g/mol. The molecule has 0 heterocycles. The predicted molar refractivity (Wildman–Crippen MR) is 44.0 cm³/mol. The van der Waals surface area contributed by atoms with Crippen LogP contribution in [0.1, 0.15) is 6.92 Å². The van der Waals surface area contributed by atoms with Gasteiger partial charge in [-0.3, -0.25) is 0 Å². The zero-order valence-corrected chi connectivity index (χ0v) is 8.22. The second kappa shape index (κ2) is 5.62. The third-order valence-corrected chi connectivity index (χ3v) is 1.83. The number of rotatable bonds is 7. The second-order valence-corrected chi connectivity index (χ2v) is 3.68. The Morgan fingerprint density at radius 2 is 1.60 bits per heavy atom. The zero-order chi connectivity index (χ0) is 12.1. The quantitative estimate of drug-likeness (QED) is 0.643. The summed E-state index contributed by atoms with van der Waals surface area (Å²) in [5, 5.41) is 17.5. The summed E-state index contributed by atoms with van der Waals surface area (Å²) in [6.45, 7) is -1.43. The van der Waals surface area contributed by atoms with E-state index in [1.54, 1.807) is 0 Å². The largest absolute Gasteiger partial charge is 0.396 e. The van der Waals surface area contributed by atoms with E-state index >= 15 is 0 Å². The minimum absolute atomic E-state index is 0.414. The smallest absolute Gasteiger partial charge is 0.330 e. The van der Waals surface area contributed by atoms with E-state index in [1.165, 1.54) is 6.92 Å². The van der Waals surface area contributed by atoms with Crippen LogP contribution < -0.4 is 0 Å². The molecule has 0 unspecified atom stereocenters. The molecule has 0 aliphatic carbocycles. The molecule has 0 atom stereocenters. The summed E-state index contributed by atoms with van der Waals surface area (Å²) < 4.78 is 52.4. The third kappa shape index (κ3) is 4.76. The van der Waals surface area contributed by atoms with Crippen molar-refractivity contribution in [2.75, 3.05) is 26.4 Å². The molecule has 0 saturated carbocycles. The number of hydrogen-bond donors (Lipinski definition) is 2. The lowest BCUT2D eigenvalue weighted by Crippen LogP contribution is -2.37. The summed E-state index contributed by atoms with van der Waals surface area (Å²) in [7, 11) is 0. The van der Waals surface area contributed by atoms with E-state index in [2.05, 4.69) is 4.74 Å². The van der Waals surface area contributed by atoms with E-state index in [0.717, 1.165) is 0 Å². The molecule has 0 amide bonds. The van der Waals surface area contributed by atoms with Crippen molar-refractivity contribution in [3.05, 3.63) is 0 Å². The molecule has 0 saturated heterocycles. The highest BCUT2D eigenvalue weighted by molar-refractivity contribution is 4.73. The van der Waals surface area contributed by atoms with Crippen LogP contribution in [0.3, 0.4) is 0 Å². The van der Waals surface area contributed by atoms with E-state index in [1.807, 2.05) is 0 Å². The van der Waals surface area contributed by atoms with Crippen LogP contribution in [-0.4, -0.2) is 49.0 Å². The number of alkyl halides is 4. The van der Waals surface area contributed by atoms with Gasteiger partial charge in [0.25, 0.3) is 0 Å². The maximum Gasteiger partial charge on any atom is 0.330 e. The van der Waals surface area contributed by atoms with Gasteiger partial charge in [-0.2, -0.15) is 8.78 Å². The Labute approximate surface area is 84.7 Å². The van der Waals surface area contributed by atoms with Crippen molar-refractivity contribution < 1.29 is 32.5 Å². The van der Waals surface area contributed by atoms with Crippen molar-refractivity contribution in [1.29, 1.82) is 0 Å². The van der Waals surface area contributed by atoms with Crippen LogP contribution in [0.5, 0.6) is 0 Å². The Hall–Kier alpha value is -0.400. The van der Waals surface area contributed by atoms with E-state index < -0.39 is 44.2 Å². The number of hydrogen-bond acceptors (Lipinski definition) is 3. The minimum Gasteiger partial charge on any atom is -0.396 e. The molecule has 0 aliphatic rings. The normalized spacial score (nSPS) is 13.6. The van der Waals surface area contributed by atoms with Crippen LogP contribution in [0.15, 0.2) is 0 Å². The molecule has 0 fully saturated rings. The van der Waals surface area contributed by atoms with Gasteiger partial charge in [-0.05, 0) is 0 Å². The van der Waals surface area contributed by atoms with Crippen LogP contribution in [-0.2, 0) is 4.74 Å². The van der Waals surface area contributed by atoms with Crippen LogP contribution in [0.25, 0.3) is 0 Å². The van der Waals surface area contributed by atoms with E-state index in [-0.39, 0.29) is 0 Å². The lowest BCUT2D eigenvalue weighted by Gasteiger charge is -2.25. The molecule has 0 aromatic carbocycles. The predicted octanol–water partition coefficient (Wildman–Crippen LogP) is 0.894. The van der Waals surface area contributed by atoms with Gasteiger partial charge in [0, 0.05) is 5.41 Å². The van der Waals surface area contributed by atoms with Crippen LogP contribution in [0.4, 0.5) is 17.6 Å². The van der Waals surface area contributed by atoms with Crippen LogP contribution in [0, 0.1) is 5.41 Å². The van der Waals surface area contributed by atoms with Crippen LogP contribution >= 0.6 is 0 Å². The molecule has 0 aromatic rings. The topological polar surface area (TPSA) is 49.7 Å². The average Bonchev–Trinajstić information content (AvgIpc) is 2.17. The Morgan fingerprint density at radius 3 is 1.93 bits per heavy atom. The highest BCUT2D eigenvalue weighted by Crippen LogP contribution is 2.24. The lowest BCUT2D eigenvalue weighted by molar-refractivity contribution is -0.174. The lowest BCUT2D eigenvalue weighted by atomic mass is 9.95. The van der Waals surface area contributed by atoms with E-state index in [9.17, 15) is 17.6 Å². The number of ether oxygens (including phenoxy) is 1. The molecule has 0 rings (SSSR count). The maximum absolute atomic E-state index is 12.3. The first-order valence-electron chi connectivity index (χ1n) is 4.23. The first-order valence-corrected chi connectivity index (χ1v) is 4.23.